The highest BCUT2D eigenvalue weighted by molar-refractivity contribution is 5.86. The second kappa shape index (κ2) is 4.62. The highest BCUT2D eigenvalue weighted by Crippen LogP contribution is 2.25. The van der Waals surface area contributed by atoms with E-state index in [1.165, 1.54) is 4.90 Å². The normalized spacial score (nSPS) is 31.1. The molecule has 3 N–H and O–H groups in total. The number of carboxylic acid groups (broad SMARTS) is 1. The molecule has 2 fully saturated rings. The number of hydrogen-bond acceptors (Lipinski definition) is 4. The van der Waals surface area contributed by atoms with Crippen LogP contribution < -0.4 is 5.32 Å². The number of carbonyl (C=O) groups is 2. The Bertz CT molecular complexity index is 329. The fraction of sp³-hybridized carbons (Fsp3) is 0.818. The maximum Gasteiger partial charge on any atom is 0.326 e. The fourth-order valence-electron chi connectivity index (χ4n) is 2.42. The third-order valence-electron chi connectivity index (χ3n) is 3.76. The van der Waals surface area contributed by atoms with Crippen molar-refractivity contribution in [1.82, 2.24) is 10.2 Å². The van der Waals surface area contributed by atoms with Gasteiger partial charge in [0.15, 0.2) is 0 Å². The Morgan fingerprint density at radius 3 is 2.53 bits per heavy atom. The average molecular weight is 242 g/mol. The Labute approximate surface area is 99.6 Å². The largest absolute Gasteiger partial charge is 0.480 e. The average Bonchev–Trinajstić information content (AvgIpc) is 2.56. The van der Waals surface area contributed by atoms with E-state index in [0.29, 0.717) is 0 Å². The summed E-state index contributed by atoms with van der Waals surface area (Å²) >= 11 is 0. The van der Waals surface area contributed by atoms with Gasteiger partial charge in [0, 0.05) is 18.9 Å². The number of nitrogens with zero attached hydrogens (tertiary/aromatic N) is 1. The van der Waals surface area contributed by atoms with Crippen molar-refractivity contribution < 1.29 is 19.8 Å². The number of aliphatic hydroxyl groups is 1. The number of amides is 1. The van der Waals surface area contributed by atoms with E-state index in [-0.39, 0.29) is 30.7 Å². The van der Waals surface area contributed by atoms with E-state index in [1.807, 2.05) is 6.92 Å². The molecule has 2 saturated heterocycles. The first kappa shape index (κ1) is 12.3. The Balaban J connectivity index is 2.04. The van der Waals surface area contributed by atoms with Crippen LogP contribution >= 0.6 is 0 Å². The predicted molar refractivity (Wildman–Crippen MR) is 59.3 cm³/mol. The number of likely N-dealkylation sites (tertiary alicyclic amines) is 1. The maximum atomic E-state index is 12.2. The van der Waals surface area contributed by atoms with Crippen molar-refractivity contribution in [2.24, 2.45) is 11.8 Å². The molecule has 0 saturated carbocycles. The Kier molecular flexibility index (Phi) is 3.35. The predicted octanol–water partition coefficient (Wildman–Crippen LogP) is -1.11. The van der Waals surface area contributed by atoms with Crippen LogP contribution in [-0.4, -0.2) is 58.8 Å². The van der Waals surface area contributed by atoms with Crippen LogP contribution in [0.1, 0.15) is 13.3 Å². The maximum absolute atomic E-state index is 12.2. The lowest BCUT2D eigenvalue weighted by Crippen LogP contribution is -2.52. The second-order valence-corrected chi connectivity index (χ2v) is 4.94. The molecular weight excluding hydrogens is 224 g/mol. The standard InChI is InChI=1S/C11H18N2O4/c1-6(7-3-12-4-7)10(15)13-5-8(14)2-9(13)11(16)17/h6-9,12,14H,2-5H2,1H3,(H,16,17)/t6?,8-,9+/m1/s1. The van der Waals surface area contributed by atoms with Gasteiger partial charge in [-0.05, 0) is 19.0 Å². The minimum absolute atomic E-state index is 0.136. The van der Waals surface area contributed by atoms with Crippen LogP contribution in [0.5, 0.6) is 0 Å². The first-order valence-corrected chi connectivity index (χ1v) is 5.92. The summed E-state index contributed by atoms with van der Waals surface area (Å²) in [7, 11) is 0. The zero-order valence-electron chi connectivity index (χ0n) is 9.80. The minimum Gasteiger partial charge on any atom is -0.480 e. The van der Waals surface area contributed by atoms with Gasteiger partial charge in [-0.3, -0.25) is 4.79 Å². The third kappa shape index (κ3) is 2.28. The molecule has 0 aromatic carbocycles. The molecule has 1 unspecified atom stereocenters. The molecule has 6 nitrogen and oxygen atoms in total. The molecule has 1 amide bonds. The lowest BCUT2D eigenvalue weighted by molar-refractivity contribution is -0.150. The molecule has 2 aliphatic heterocycles. The molecular formula is C11H18N2O4. The van der Waals surface area contributed by atoms with Gasteiger partial charge in [-0.1, -0.05) is 6.92 Å². The van der Waals surface area contributed by atoms with Gasteiger partial charge in [0.1, 0.15) is 6.04 Å². The highest BCUT2D eigenvalue weighted by Gasteiger charge is 2.42. The number of hydrogen-bond donors (Lipinski definition) is 3. The van der Waals surface area contributed by atoms with E-state index in [2.05, 4.69) is 5.32 Å². The van der Waals surface area contributed by atoms with Crippen LogP contribution in [-0.2, 0) is 9.59 Å². The Morgan fingerprint density at radius 1 is 1.41 bits per heavy atom. The smallest absolute Gasteiger partial charge is 0.326 e. The summed E-state index contributed by atoms with van der Waals surface area (Å²) in [5.41, 5.74) is 0. The van der Waals surface area contributed by atoms with Gasteiger partial charge in [-0.15, -0.1) is 0 Å². The highest BCUT2D eigenvalue weighted by atomic mass is 16.4. The molecule has 6 heteroatoms. The van der Waals surface area contributed by atoms with Gasteiger partial charge < -0.3 is 20.4 Å². The van der Waals surface area contributed by atoms with Crippen LogP contribution in [0.15, 0.2) is 0 Å². The van der Waals surface area contributed by atoms with Gasteiger partial charge in [0.05, 0.1) is 6.10 Å². The third-order valence-corrected chi connectivity index (χ3v) is 3.76. The number of carboxylic acids is 1. The van der Waals surface area contributed by atoms with Crippen molar-refractivity contribution in [3.05, 3.63) is 0 Å². The molecule has 2 rings (SSSR count). The van der Waals surface area contributed by atoms with E-state index >= 15 is 0 Å². The van der Waals surface area contributed by atoms with Crippen molar-refractivity contribution in [3.63, 3.8) is 0 Å². The molecule has 0 spiro atoms. The van der Waals surface area contributed by atoms with Crippen LogP contribution in [0.2, 0.25) is 0 Å². The van der Waals surface area contributed by atoms with Gasteiger partial charge >= 0.3 is 5.97 Å². The molecule has 17 heavy (non-hydrogen) atoms. The van der Waals surface area contributed by atoms with Crippen molar-refractivity contribution in [1.29, 1.82) is 0 Å². The van der Waals surface area contributed by atoms with Gasteiger partial charge in [0.2, 0.25) is 5.91 Å². The fourth-order valence-corrected chi connectivity index (χ4v) is 2.42. The quantitative estimate of drug-likeness (QED) is 0.584. The SMILES string of the molecule is CC(C(=O)N1C[C@H](O)C[C@H]1C(=O)O)C1CNC1. The summed E-state index contributed by atoms with van der Waals surface area (Å²) in [4.78, 5) is 24.5. The van der Waals surface area contributed by atoms with Crippen LogP contribution in [0.3, 0.4) is 0 Å². The van der Waals surface area contributed by atoms with Gasteiger partial charge in [-0.25, -0.2) is 4.79 Å². The van der Waals surface area contributed by atoms with Crippen molar-refractivity contribution in [2.75, 3.05) is 19.6 Å². The molecule has 3 atom stereocenters. The van der Waals surface area contributed by atoms with Gasteiger partial charge in [-0.2, -0.15) is 0 Å². The summed E-state index contributed by atoms with van der Waals surface area (Å²) in [6.45, 7) is 3.58. The molecule has 96 valence electrons. The van der Waals surface area contributed by atoms with Crippen molar-refractivity contribution >= 4 is 11.9 Å². The molecule has 0 bridgehead atoms. The lowest BCUT2D eigenvalue weighted by Gasteiger charge is -2.34. The van der Waals surface area contributed by atoms with Crippen molar-refractivity contribution in [3.8, 4) is 0 Å². The number of carbonyl (C=O) groups excluding carboxylic acids is 1. The summed E-state index contributed by atoms with van der Waals surface area (Å²) in [6.07, 6.45) is -0.580. The molecule has 2 aliphatic rings. The first-order valence-electron chi connectivity index (χ1n) is 5.92. The second-order valence-electron chi connectivity index (χ2n) is 4.94. The first-order chi connectivity index (χ1) is 8.00. The number of nitrogens with one attached hydrogen (secondary N) is 1. The number of aliphatic hydroxyl groups excluding tert-OH is 1. The zero-order chi connectivity index (χ0) is 12.6. The Hall–Kier alpha value is -1.14. The van der Waals surface area contributed by atoms with Crippen LogP contribution in [0.4, 0.5) is 0 Å². The number of β-amino-alcohol motifs (C(OH)–C–C–N with tert-alkyl or cyclic N) is 1. The van der Waals surface area contributed by atoms with E-state index in [1.54, 1.807) is 0 Å². The summed E-state index contributed by atoms with van der Waals surface area (Å²) in [6, 6.07) is -0.868. The van der Waals surface area contributed by atoms with E-state index in [9.17, 15) is 14.7 Å². The number of rotatable bonds is 3. The Morgan fingerprint density at radius 2 is 2.06 bits per heavy atom. The zero-order valence-corrected chi connectivity index (χ0v) is 9.80. The summed E-state index contributed by atoms with van der Waals surface area (Å²) in [5, 5.41) is 21.6. The van der Waals surface area contributed by atoms with Crippen LogP contribution in [0.25, 0.3) is 0 Å². The van der Waals surface area contributed by atoms with Crippen molar-refractivity contribution in [2.45, 2.75) is 25.5 Å². The van der Waals surface area contributed by atoms with E-state index in [0.717, 1.165) is 13.1 Å². The molecule has 0 aliphatic carbocycles. The summed E-state index contributed by atoms with van der Waals surface area (Å²) < 4.78 is 0. The van der Waals surface area contributed by atoms with Crippen LogP contribution in [0, 0.1) is 11.8 Å². The lowest BCUT2D eigenvalue weighted by atomic mass is 9.88. The van der Waals surface area contributed by atoms with E-state index in [4.69, 9.17) is 5.11 Å². The molecule has 0 aromatic rings. The molecule has 0 radical (unpaired) electrons. The monoisotopic (exact) mass is 242 g/mol. The minimum atomic E-state index is -1.03. The van der Waals surface area contributed by atoms with Gasteiger partial charge in [0.25, 0.3) is 0 Å². The molecule has 2 heterocycles. The number of aliphatic carboxylic acids is 1. The topological polar surface area (TPSA) is 89.9 Å². The van der Waals surface area contributed by atoms with E-state index < -0.39 is 18.1 Å². The molecule has 0 aromatic heterocycles. The summed E-state index contributed by atoms with van der Waals surface area (Å²) in [5.74, 6) is -1.08.